The first-order valence-corrected chi connectivity index (χ1v) is 11.5. The van der Waals surface area contributed by atoms with Crippen LogP contribution >= 0.6 is 23.3 Å². The Morgan fingerprint density at radius 2 is 1.94 bits per heavy atom. The van der Waals surface area contributed by atoms with Crippen LogP contribution in [0.1, 0.15) is 18.2 Å². The summed E-state index contributed by atoms with van der Waals surface area (Å²) >= 11 is 2.62. The predicted molar refractivity (Wildman–Crippen MR) is 123 cm³/mol. The van der Waals surface area contributed by atoms with Crippen LogP contribution in [0.15, 0.2) is 52.4 Å². The van der Waals surface area contributed by atoms with Crippen LogP contribution in [0.5, 0.6) is 5.75 Å². The molecule has 2 aromatic heterocycles. The van der Waals surface area contributed by atoms with Crippen LogP contribution in [0, 0.1) is 0 Å². The molecule has 0 aliphatic rings. The van der Waals surface area contributed by atoms with E-state index in [1.807, 2.05) is 53.0 Å². The zero-order valence-electron chi connectivity index (χ0n) is 17.8. The molecule has 3 aromatic rings. The Morgan fingerprint density at radius 1 is 1.23 bits per heavy atom. The second-order valence-corrected chi connectivity index (χ2v) is 9.76. The third-order valence-electron chi connectivity index (χ3n) is 4.41. The van der Waals surface area contributed by atoms with Gasteiger partial charge in [-0.1, -0.05) is 25.1 Å². The van der Waals surface area contributed by atoms with Crippen LogP contribution < -0.4 is 9.64 Å². The van der Waals surface area contributed by atoms with Crippen LogP contribution in [-0.4, -0.2) is 57.3 Å². The molecule has 0 saturated heterocycles. The Labute approximate surface area is 190 Å². The zero-order valence-corrected chi connectivity index (χ0v) is 19.4. The predicted octanol–water partition coefficient (Wildman–Crippen LogP) is 4.34. The van der Waals surface area contributed by atoms with Gasteiger partial charge in [-0.05, 0) is 24.1 Å². The SMILES string of the molecule is CCc1cnc(N(CCOc2ccccc2)Cc2csc(S[N+](C)(C)C(=O)O)n2)nc1. The molecule has 0 unspecified atom stereocenters. The van der Waals surface area contributed by atoms with E-state index in [1.54, 1.807) is 14.1 Å². The van der Waals surface area contributed by atoms with Crippen LogP contribution in [0.3, 0.4) is 0 Å². The van der Waals surface area contributed by atoms with Gasteiger partial charge in [0.2, 0.25) is 10.3 Å². The number of carboxylic acid groups (broad SMARTS) is 1. The molecule has 0 aliphatic heterocycles. The molecular formula is C21H26N5O3S2+. The minimum Gasteiger partial charge on any atom is -0.492 e. The van der Waals surface area contributed by atoms with Crippen molar-refractivity contribution in [3.05, 3.63) is 59.4 Å². The molecule has 8 nitrogen and oxygen atoms in total. The monoisotopic (exact) mass is 460 g/mol. The van der Waals surface area contributed by atoms with E-state index in [-0.39, 0.29) is 3.89 Å². The van der Waals surface area contributed by atoms with Gasteiger partial charge in [0.15, 0.2) is 11.9 Å². The first kappa shape index (κ1) is 23.0. The number of rotatable bonds is 10. The van der Waals surface area contributed by atoms with E-state index in [9.17, 15) is 9.90 Å². The fourth-order valence-electron chi connectivity index (χ4n) is 2.57. The molecule has 10 heteroatoms. The van der Waals surface area contributed by atoms with E-state index < -0.39 is 6.09 Å². The second kappa shape index (κ2) is 10.6. The van der Waals surface area contributed by atoms with Crippen molar-refractivity contribution in [1.29, 1.82) is 0 Å². The van der Waals surface area contributed by atoms with Gasteiger partial charge in [0.1, 0.15) is 12.4 Å². The maximum Gasteiger partial charge on any atom is 0.525 e. The van der Waals surface area contributed by atoms with Gasteiger partial charge in [-0.2, -0.15) is 8.68 Å². The Morgan fingerprint density at radius 3 is 2.58 bits per heavy atom. The minimum atomic E-state index is -0.925. The van der Waals surface area contributed by atoms with Crippen molar-refractivity contribution < 1.29 is 18.5 Å². The molecule has 0 atom stereocenters. The summed E-state index contributed by atoms with van der Waals surface area (Å²) in [4.78, 5) is 27.0. The molecular weight excluding hydrogens is 434 g/mol. The maximum absolute atomic E-state index is 11.4. The molecule has 0 aliphatic carbocycles. The van der Waals surface area contributed by atoms with E-state index in [1.165, 1.54) is 23.3 Å². The number of quaternary nitrogens is 1. The van der Waals surface area contributed by atoms with E-state index in [0.717, 1.165) is 23.4 Å². The van der Waals surface area contributed by atoms with Crippen LogP contribution in [0.2, 0.25) is 0 Å². The summed E-state index contributed by atoms with van der Waals surface area (Å²) in [5.74, 6) is 1.42. The average Bonchev–Trinajstić information content (AvgIpc) is 3.20. The van der Waals surface area contributed by atoms with Gasteiger partial charge in [-0.15, -0.1) is 11.3 Å². The summed E-state index contributed by atoms with van der Waals surface area (Å²) in [6.45, 7) is 3.62. The molecule has 2 heterocycles. The van der Waals surface area contributed by atoms with Gasteiger partial charge in [0.25, 0.3) is 0 Å². The summed E-state index contributed by atoms with van der Waals surface area (Å²) in [6, 6.07) is 9.66. The van der Waals surface area contributed by atoms with Gasteiger partial charge in [0, 0.05) is 17.8 Å². The number of amides is 1. The largest absolute Gasteiger partial charge is 0.525 e. The van der Waals surface area contributed by atoms with Gasteiger partial charge in [-0.3, -0.25) is 0 Å². The number of anilines is 1. The lowest BCUT2D eigenvalue weighted by atomic mass is 10.3. The molecule has 0 spiro atoms. The number of carbonyl (C=O) groups is 1. The molecule has 1 N–H and O–H groups in total. The highest BCUT2D eigenvalue weighted by Gasteiger charge is 2.30. The van der Waals surface area contributed by atoms with Crippen molar-refractivity contribution in [2.75, 3.05) is 32.1 Å². The van der Waals surface area contributed by atoms with Gasteiger partial charge in [-0.25, -0.2) is 15.0 Å². The number of aromatic nitrogens is 3. The smallest absolute Gasteiger partial charge is 0.492 e. The average molecular weight is 461 g/mol. The fraction of sp³-hybridized carbons (Fsp3) is 0.333. The minimum absolute atomic E-state index is 0.247. The van der Waals surface area contributed by atoms with Gasteiger partial charge < -0.3 is 14.7 Å². The third kappa shape index (κ3) is 6.65. The molecule has 0 bridgehead atoms. The normalized spacial score (nSPS) is 11.3. The Balaban J connectivity index is 1.70. The van der Waals surface area contributed by atoms with E-state index in [0.29, 0.717) is 30.0 Å². The Kier molecular flexibility index (Phi) is 7.83. The van der Waals surface area contributed by atoms with E-state index >= 15 is 0 Å². The molecule has 3 rings (SSSR count). The number of hydrogen-bond donors (Lipinski definition) is 1. The van der Waals surface area contributed by atoms with Crippen molar-refractivity contribution in [2.24, 2.45) is 0 Å². The number of para-hydroxylation sites is 1. The summed E-state index contributed by atoms with van der Waals surface area (Å²) in [5.41, 5.74) is 1.91. The molecule has 0 fully saturated rings. The number of aryl methyl sites for hydroxylation is 1. The second-order valence-electron chi connectivity index (χ2n) is 7.16. The molecule has 0 radical (unpaired) electrons. The highest BCUT2D eigenvalue weighted by atomic mass is 32.2. The lowest BCUT2D eigenvalue weighted by molar-refractivity contribution is -0.670. The number of benzene rings is 1. The molecule has 0 saturated carbocycles. The summed E-state index contributed by atoms with van der Waals surface area (Å²) in [6.07, 6.45) is 3.62. The quantitative estimate of drug-likeness (QED) is 0.353. The van der Waals surface area contributed by atoms with Crippen LogP contribution in [0.25, 0.3) is 0 Å². The van der Waals surface area contributed by atoms with Crippen molar-refractivity contribution >= 4 is 35.3 Å². The van der Waals surface area contributed by atoms with Crippen LogP contribution in [-0.2, 0) is 13.0 Å². The lowest BCUT2D eigenvalue weighted by Gasteiger charge is -2.22. The van der Waals surface area contributed by atoms with Crippen molar-refractivity contribution in [3.63, 3.8) is 0 Å². The summed E-state index contributed by atoms with van der Waals surface area (Å²) < 4.78 is 6.30. The molecule has 31 heavy (non-hydrogen) atoms. The molecule has 1 amide bonds. The summed E-state index contributed by atoms with van der Waals surface area (Å²) in [7, 11) is 3.23. The van der Waals surface area contributed by atoms with E-state index in [4.69, 9.17) is 4.74 Å². The third-order valence-corrected chi connectivity index (χ3v) is 6.46. The highest BCUT2D eigenvalue weighted by Crippen LogP contribution is 2.30. The number of nitrogens with zero attached hydrogens (tertiary/aromatic N) is 5. The van der Waals surface area contributed by atoms with Crippen molar-refractivity contribution in [1.82, 2.24) is 15.0 Å². The lowest BCUT2D eigenvalue weighted by Crippen LogP contribution is -2.36. The summed E-state index contributed by atoms with van der Waals surface area (Å²) in [5, 5.41) is 11.3. The van der Waals surface area contributed by atoms with Gasteiger partial charge in [0.05, 0.1) is 32.9 Å². The van der Waals surface area contributed by atoms with Crippen molar-refractivity contribution in [3.8, 4) is 5.75 Å². The standard InChI is InChI=1S/C21H25N5O3S2/c1-4-16-12-22-19(23-13-16)25(10-11-29-18-8-6-5-7-9-18)14-17-15-30-20(24-17)31-26(2,3)21(27)28/h5-9,12-13,15H,4,10-11,14H2,1-3H3/p+1. The van der Waals surface area contributed by atoms with Crippen LogP contribution in [0.4, 0.5) is 10.7 Å². The molecule has 164 valence electrons. The maximum atomic E-state index is 11.4. The van der Waals surface area contributed by atoms with Gasteiger partial charge >= 0.3 is 6.09 Å². The number of thiazole rings is 1. The first-order chi connectivity index (χ1) is 14.9. The fourth-order valence-corrected chi connectivity index (χ4v) is 4.60. The number of ether oxygens (including phenoxy) is 1. The highest BCUT2D eigenvalue weighted by molar-refractivity contribution is 7.96. The number of hydrogen-bond acceptors (Lipinski definition) is 8. The molecule has 1 aromatic carbocycles. The first-order valence-electron chi connectivity index (χ1n) is 9.82. The Bertz CT molecular complexity index is 980. The Hall–Kier alpha value is -2.69. The topological polar surface area (TPSA) is 88.4 Å². The van der Waals surface area contributed by atoms with E-state index in [2.05, 4.69) is 21.9 Å². The zero-order chi connectivity index (χ0) is 22.3. The van der Waals surface area contributed by atoms with Crippen molar-refractivity contribution in [2.45, 2.75) is 24.2 Å².